The number of hydrogen-bond acceptors (Lipinski definition) is 0. The molecular formula is C24H19Cl2Zr. The molecule has 0 aromatic heterocycles. The molecule has 27 heavy (non-hydrogen) atoms. The summed E-state index contributed by atoms with van der Waals surface area (Å²) < 4.78 is 3.49. The summed E-state index contributed by atoms with van der Waals surface area (Å²) in [7, 11) is 14.2. The van der Waals surface area contributed by atoms with Crippen LogP contribution in [0.25, 0.3) is 17.2 Å². The molecule has 2 aliphatic carbocycles. The summed E-state index contributed by atoms with van der Waals surface area (Å²) in [5.74, 6) is 0.392. The van der Waals surface area contributed by atoms with Gasteiger partial charge in [0.25, 0.3) is 0 Å². The predicted octanol–water partition coefficient (Wildman–Crippen LogP) is 6.35. The molecule has 0 aliphatic heterocycles. The van der Waals surface area contributed by atoms with Crippen LogP contribution in [0.4, 0.5) is 0 Å². The molecule has 0 bridgehead atoms. The van der Waals surface area contributed by atoms with Gasteiger partial charge in [0.05, 0.1) is 0 Å². The Kier molecular flexibility index (Phi) is 4.59. The molecule has 1 unspecified atom stereocenters. The molecule has 0 spiro atoms. The van der Waals surface area contributed by atoms with E-state index in [1.807, 2.05) is 0 Å². The van der Waals surface area contributed by atoms with E-state index in [1.165, 1.54) is 36.7 Å². The Morgan fingerprint density at radius 2 is 1.67 bits per heavy atom. The zero-order valence-electron chi connectivity index (χ0n) is 14.8. The minimum absolute atomic E-state index is 0.392. The maximum absolute atomic E-state index is 7.09. The van der Waals surface area contributed by atoms with Crippen LogP contribution in [-0.2, 0) is 23.8 Å². The van der Waals surface area contributed by atoms with Gasteiger partial charge >= 0.3 is 172 Å². The van der Waals surface area contributed by atoms with Crippen LogP contribution in [0.3, 0.4) is 0 Å². The van der Waals surface area contributed by atoms with Gasteiger partial charge < -0.3 is 0 Å². The number of rotatable bonds is 3. The minimum atomic E-state index is -3.54. The molecule has 3 heteroatoms. The van der Waals surface area contributed by atoms with Crippen LogP contribution < -0.4 is 3.27 Å². The molecule has 0 amide bonds. The van der Waals surface area contributed by atoms with Gasteiger partial charge in [0, 0.05) is 0 Å². The summed E-state index contributed by atoms with van der Waals surface area (Å²) >= 11 is -3.54. The van der Waals surface area contributed by atoms with Crippen molar-refractivity contribution in [3.05, 3.63) is 95.1 Å². The molecule has 0 N–H and O–H groups in total. The van der Waals surface area contributed by atoms with E-state index in [0.717, 1.165) is 12.8 Å². The first-order valence-corrected chi connectivity index (χ1v) is 18.3. The van der Waals surface area contributed by atoms with Crippen LogP contribution in [-0.4, -0.2) is 3.71 Å². The molecule has 0 heterocycles. The summed E-state index contributed by atoms with van der Waals surface area (Å²) in [6, 6.07) is 23.7. The van der Waals surface area contributed by atoms with Gasteiger partial charge in [-0.05, 0) is 0 Å². The molecule has 0 radical (unpaired) electrons. The second kappa shape index (κ2) is 6.96. The molecule has 3 aromatic carbocycles. The van der Waals surface area contributed by atoms with Crippen LogP contribution in [0, 0.1) is 0 Å². The van der Waals surface area contributed by atoms with Gasteiger partial charge in [0.15, 0.2) is 0 Å². The SMILES string of the molecule is [Cl][Zr]([Cl])(=[CH]CC1C=Cc2ccccc21)[c]1cccc2c1Cc1ccccc1-2. The van der Waals surface area contributed by atoms with E-state index < -0.39 is 17.4 Å². The molecule has 1 atom stereocenters. The number of allylic oxidation sites excluding steroid dienone is 1. The quantitative estimate of drug-likeness (QED) is 0.328. The van der Waals surface area contributed by atoms with Crippen molar-refractivity contribution >= 4 is 30.1 Å². The topological polar surface area (TPSA) is 0 Å². The van der Waals surface area contributed by atoms with Crippen LogP contribution in [0.1, 0.15) is 34.6 Å². The van der Waals surface area contributed by atoms with E-state index in [9.17, 15) is 0 Å². The zero-order valence-corrected chi connectivity index (χ0v) is 18.8. The average Bonchev–Trinajstić information content (AvgIpc) is 3.27. The van der Waals surface area contributed by atoms with Crippen molar-refractivity contribution in [1.82, 2.24) is 0 Å². The van der Waals surface area contributed by atoms with Crippen molar-refractivity contribution in [2.45, 2.75) is 18.8 Å². The second-order valence-electron chi connectivity index (χ2n) is 7.32. The normalized spacial score (nSPS) is 16.7. The summed E-state index contributed by atoms with van der Waals surface area (Å²) in [5, 5.41) is 0. The monoisotopic (exact) mass is 467 g/mol. The van der Waals surface area contributed by atoms with Gasteiger partial charge in [-0.2, -0.15) is 0 Å². The predicted molar refractivity (Wildman–Crippen MR) is 115 cm³/mol. The van der Waals surface area contributed by atoms with E-state index in [2.05, 4.69) is 82.6 Å². The first kappa shape index (κ1) is 17.8. The van der Waals surface area contributed by atoms with Gasteiger partial charge in [-0.25, -0.2) is 0 Å². The molecule has 5 rings (SSSR count). The van der Waals surface area contributed by atoms with Gasteiger partial charge in [0.2, 0.25) is 0 Å². The molecular weight excluding hydrogens is 450 g/mol. The molecule has 0 fully saturated rings. The number of hydrogen-bond donors (Lipinski definition) is 0. The summed E-state index contributed by atoms with van der Waals surface area (Å²) in [4.78, 5) is 0. The van der Waals surface area contributed by atoms with Crippen molar-refractivity contribution in [2.24, 2.45) is 0 Å². The molecule has 133 valence electrons. The second-order valence-corrected chi connectivity index (χ2v) is 20.9. The van der Waals surface area contributed by atoms with Crippen LogP contribution >= 0.6 is 17.0 Å². The summed E-state index contributed by atoms with van der Waals surface area (Å²) in [6.45, 7) is 0. The fraction of sp³-hybridized carbons (Fsp3) is 0.125. The third kappa shape index (κ3) is 3.15. The Labute approximate surface area is 171 Å². The zero-order chi connectivity index (χ0) is 18.4. The van der Waals surface area contributed by atoms with E-state index in [-0.39, 0.29) is 0 Å². The van der Waals surface area contributed by atoms with E-state index in [0.29, 0.717) is 5.92 Å². The molecule has 0 saturated heterocycles. The van der Waals surface area contributed by atoms with Crippen molar-refractivity contribution in [1.29, 1.82) is 0 Å². The fourth-order valence-corrected chi connectivity index (χ4v) is 11.7. The van der Waals surface area contributed by atoms with Crippen molar-refractivity contribution in [2.75, 3.05) is 0 Å². The summed E-state index contributed by atoms with van der Waals surface area (Å²) in [6.07, 6.45) is 6.35. The third-order valence-corrected chi connectivity index (χ3v) is 14.7. The van der Waals surface area contributed by atoms with Gasteiger partial charge in [0.1, 0.15) is 0 Å². The third-order valence-electron chi connectivity index (χ3n) is 5.74. The average molecular weight is 470 g/mol. The molecule has 3 aromatic rings. The Bertz CT molecular complexity index is 1120. The Morgan fingerprint density at radius 1 is 0.889 bits per heavy atom. The maximum atomic E-state index is 7.09. The molecule has 0 nitrogen and oxygen atoms in total. The van der Waals surface area contributed by atoms with Crippen molar-refractivity contribution < 1.29 is 17.4 Å². The Morgan fingerprint density at radius 3 is 2.59 bits per heavy atom. The number of fused-ring (bicyclic) bond motifs is 4. The first-order chi connectivity index (χ1) is 13.1. The van der Waals surface area contributed by atoms with Crippen LogP contribution in [0.15, 0.2) is 72.8 Å². The van der Waals surface area contributed by atoms with E-state index in [4.69, 9.17) is 17.0 Å². The van der Waals surface area contributed by atoms with Crippen molar-refractivity contribution in [3.63, 3.8) is 0 Å². The number of halogens is 2. The molecule has 2 aliphatic rings. The summed E-state index contributed by atoms with van der Waals surface area (Å²) in [5.41, 5.74) is 8.07. The Hall–Kier alpha value is -1.27. The molecule has 0 saturated carbocycles. The van der Waals surface area contributed by atoms with Gasteiger partial charge in [-0.15, -0.1) is 0 Å². The standard InChI is InChI=1S/C13H9.C11H10.2ClH.Zr/c1-3-7-12-10(5-1)9-11-6-2-4-8-13(11)12;1-2-9-7-8-10-5-3-4-6-11(9)10;;;/h1-5,7-8H,9H2;1,3-9H,2H2;2*1H;/q;;;;+2/p-2. The number of benzene rings is 3. The van der Waals surface area contributed by atoms with Crippen molar-refractivity contribution in [3.8, 4) is 11.1 Å². The van der Waals surface area contributed by atoms with E-state index in [1.54, 1.807) is 0 Å². The van der Waals surface area contributed by atoms with Gasteiger partial charge in [-0.3, -0.25) is 0 Å². The van der Waals surface area contributed by atoms with Crippen LogP contribution in [0.5, 0.6) is 0 Å². The van der Waals surface area contributed by atoms with E-state index >= 15 is 0 Å². The fourth-order valence-electron chi connectivity index (χ4n) is 4.38. The van der Waals surface area contributed by atoms with Gasteiger partial charge in [-0.1, -0.05) is 0 Å². The Balaban J connectivity index is 1.50. The van der Waals surface area contributed by atoms with Crippen LogP contribution in [0.2, 0.25) is 0 Å². The first-order valence-electron chi connectivity index (χ1n) is 9.33.